The number of carbonyl (C=O) groups is 1. The number of aliphatic hydroxyl groups excluding tert-OH is 1. The Labute approximate surface area is 98.8 Å². The van der Waals surface area contributed by atoms with Gasteiger partial charge in [-0.1, -0.05) is 34.6 Å². The lowest BCUT2D eigenvalue weighted by Gasteiger charge is -2.38. The third-order valence-electron chi connectivity index (χ3n) is 3.77. The van der Waals surface area contributed by atoms with Crippen molar-refractivity contribution in [2.75, 3.05) is 13.7 Å². The van der Waals surface area contributed by atoms with Gasteiger partial charge in [-0.3, -0.25) is 4.79 Å². The highest BCUT2D eigenvalue weighted by molar-refractivity contribution is 5.82. The number of rotatable bonds is 2. The van der Waals surface area contributed by atoms with E-state index in [4.69, 9.17) is 0 Å². The summed E-state index contributed by atoms with van der Waals surface area (Å²) < 4.78 is 0. The molecule has 3 heteroatoms. The Balaban J connectivity index is 3.10. The third-order valence-corrected chi connectivity index (χ3v) is 3.77. The average Bonchev–Trinajstić information content (AvgIpc) is 2.38. The topological polar surface area (TPSA) is 40.5 Å². The smallest absolute Gasteiger partial charge is 0.228 e. The van der Waals surface area contributed by atoms with Gasteiger partial charge in [-0.15, -0.1) is 0 Å². The highest BCUT2D eigenvalue weighted by Gasteiger charge is 2.51. The van der Waals surface area contributed by atoms with E-state index >= 15 is 0 Å². The molecule has 0 aromatic carbocycles. The van der Waals surface area contributed by atoms with E-state index in [1.807, 2.05) is 11.9 Å². The molecule has 1 heterocycles. The molecule has 3 nitrogen and oxygen atoms in total. The number of aliphatic hydroxyl groups is 1. The summed E-state index contributed by atoms with van der Waals surface area (Å²) in [5.74, 6) is 0.549. The quantitative estimate of drug-likeness (QED) is 0.781. The van der Waals surface area contributed by atoms with Crippen LogP contribution in [0, 0.1) is 23.2 Å². The van der Waals surface area contributed by atoms with Gasteiger partial charge in [0.1, 0.15) is 0 Å². The molecule has 0 bridgehead atoms. The molecule has 1 rings (SSSR count). The largest absolute Gasteiger partial charge is 0.396 e. The molecule has 1 fully saturated rings. The first-order valence-corrected chi connectivity index (χ1v) is 6.09. The predicted octanol–water partition coefficient (Wildman–Crippen LogP) is 1.75. The zero-order valence-corrected chi connectivity index (χ0v) is 11.3. The molecule has 0 aromatic heterocycles. The molecule has 3 atom stereocenters. The van der Waals surface area contributed by atoms with Crippen LogP contribution in [0.4, 0.5) is 0 Å². The molecular weight excluding hydrogens is 202 g/mol. The second kappa shape index (κ2) is 4.36. The molecule has 94 valence electrons. The first-order chi connectivity index (χ1) is 7.21. The van der Waals surface area contributed by atoms with Crippen LogP contribution in [0.2, 0.25) is 0 Å². The lowest BCUT2D eigenvalue weighted by atomic mass is 9.72. The Morgan fingerprint density at radius 2 is 1.88 bits per heavy atom. The molecule has 1 N–H and O–H groups in total. The average molecular weight is 227 g/mol. The van der Waals surface area contributed by atoms with Crippen LogP contribution < -0.4 is 0 Å². The Kier molecular flexibility index (Phi) is 3.68. The van der Waals surface area contributed by atoms with E-state index in [1.54, 1.807) is 0 Å². The lowest BCUT2D eigenvalue weighted by Crippen LogP contribution is -2.43. The van der Waals surface area contributed by atoms with Crippen LogP contribution in [0.1, 0.15) is 34.6 Å². The number of carbonyl (C=O) groups excluding carboxylic acids is 1. The monoisotopic (exact) mass is 227 g/mol. The zero-order chi connectivity index (χ0) is 12.7. The highest BCUT2D eigenvalue weighted by atomic mass is 16.3. The molecule has 1 aliphatic rings. The molecule has 0 saturated carbocycles. The van der Waals surface area contributed by atoms with Crippen molar-refractivity contribution in [3.8, 4) is 0 Å². The van der Waals surface area contributed by atoms with Crippen LogP contribution in [-0.2, 0) is 4.79 Å². The van der Waals surface area contributed by atoms with Crippen LogP contribution in [0.15, 0.2) is 0 Å². The van der Waals surface area contributed by atoms with Crippen molar-refractivity contribution < 1.29 is 9.90 Å². The molecule has 1 aliphatic heterocycles. The maximum absolute atomic E-state index is 12.1. The van der Waals surface area contributed by atoms with Gasteiger partial charge < -0.3 is 10.0 Å². The van der Waals surface area contributed by atoms with E-state index in [2.05, 4.69) is 34.6 Å². The van der Waals surface area contributed by atoms with Gasteiger partial charge in [0, 0.05) is 13.1 Å². The number of hydrogen-bond acceptors (Lipinski definition) is 2. The molecule has 1 saturated heterocycles. The van der Waals surface area contributed by atoms with Crippen LogP contribution in [0.3, 0.4) is 0 Å². The van der Waals surface area contributed by atoms with Crippen molar-refractivity contribution in [3.05, 3.63) is 0 Å². The summed E-state index contributed by atoms with van der Waals surface area (Å²) in [6.45, 7) is 10.7. The Morgan fingerprint density at radius 1 is 1.38 bits per heavy atom. The summed E-state index contributed by atoms with van der Waals surface area (Å²) in [6, 6.07) is 0.220. The normalized spacial score (nSPS) is 31.6. The predicted molar refractivity (Wildman–Crippen MR) is 64.9 cm³/mol. The van der Waals surface area contributed by atoms with E-state index < -0.39 is 0 Å². The Hall–Kier alpha value is -0.570. The third kappa shape index (κ3) is 2.10. The lowest BCUT2D eigenvalue weighted by molar-refractivity contribution is -0.132. The summed E-state index contributed by atoms with van der Waals surface area (Å²) in [6.07, 6.45) is 0. The number of hydrogen-bond donors (Lipinski definition) is 1. The van der Waals surface area contributed by atoms with Crippen LogP contribution in [0.5, 0.6) is 0 Å². The minimum Gasteiger partial charge on any atom is -0.396 e. The molecule has 0 radical (unpaired) electrons. The van der Waals surface area contributed by atoms with Gasteiger partial charge in [0.2, 0.25) is 5.91 Å². The van der Waals surface area contributed by atoms with Crippen LogP contribution >= 0.6 is 0 Å². The van der Waals surface area contributed by atoms with Crippen molar-refractivity contribution in [3.63, 3.8) is 0 Å². The highest BCUT2D eigenvalue weighted by Crippen LogP contribution is 2.43. The van der Waals surface area contributed by atoms with Crippen molar-refractivity contribution in [2.45, 2.75) is 40.7 Å². The van der Waals surface area contributed by atoms with E-state index in [0.29, 0.717) is 5.92 Å². The molecular formula is C13H25NO2. The Bertz CT molecular complexity index is 268. The first-order valence-electron chi connectivity index (χ1n) is 6.09. The summed E-state index contributed by atoms with van der Waals surface area (Å²) >= 11 is 0. The van der Waals surface area contributed by atoms with Crippen molar-refractivity contribution >= 4 is 5.91 Å². The van der Waals surface area contributed by atoms with Crippen LogP contribution in [0.25, 0.3) is 0 Å². The summed E-state index contributed by atoms with van der Waals surface area (Å²) in [5.41, 5.74) is 0.0588. The van der Waals surface area contributed by atoms with Crippen molar-refractivity contribution in [1.82, 2.24) is 4.90 Å². The van der Waals surface area contributed by atoms with Gasteiger partial charge in [-0.05, 0) is 17.3 Å². The van der Waals surface area contributed by atoms with Gasteiger partial charge in [-0.25, -0.2) is 0 Å². The zero-order valence-electron chi connectivity index (χ0n) is 11.3. The van der Waals surface area contributed by atoms with Crippen molar-refractivity contribution in [1.29, 1.82) is 0 Å². The van der Waals surface area contributed by atoms with Crippen LogP contribution in [-0.4, -0.2) is 35.6 Å². The molecule has 16 heavy (non-hydrogen) atoms. The van der Waals surface area contributed by atoms with E-state index in [0.717, 1.165) is 0 Å². The number of likely N-dealkylation sites (tertiary alicyclic amines) is 1. The maximum atomic E-state index is 12.1. The summed E-state index contributed by atoms with van der Waals surface area (Å²) in [5, 5.41) is 9.41. The van der Waals surface area contributed by atoms with E-state index in [-0.39, 0.29) is 35.8 Å². The standard InChI is InChI=1S/C13H25NO2/c1-8(2)10-9(7-15)12(16)14(6)11(10)13(3,4)5/h8-11,15H,7H2,1-6H3/t9-,10-,11+/m1/s1. The first kappa shape index (κ1) is 13.5. The second-order valence-electron chi connectivity index (χ2n) is 6.37. The molecule has 0 spiro atoms. The van der Waals surface area contributed by atoms with Crippen molar-refractivity contribution in [2.24, 2.45) is 23.2 Å². The number of amides is 1. The van der Waals surface area contributed by atoms with Gasteiger partial charge in [-0.2, -0.15) is 0 Å². The number of nitrogens with zero attached hydrogens (tertiary/aromatic N) is 1. The minimum atomic E-state index is -0.214. The fourth-order valence-corrected chi connectivity index (χ4v) is 3.23. The molecule has 0 aromatic rings. The molecule has 1 amide bonds. The van der Waals surface area contributed by atoms with Gasteiger partial charge >= 0.3 is 0 Å². The fourth-order valence-electron chi connectivity index (χ4n) is 3.23. The Morgan fingerprint density at radius 3 is 2.19 bits per heavy atom. The maximum Gasteiger partial charge on any atom is 0.228 e. The minimum absolute atomic E-state index is 0.0292. The van der Waals surface area contributed by atoms with E-state index in [9.17, 15) is 9.90 Å². The second-order valence-corrected chi connectivity index (χ2v) is 6.37. The van der Waals surface area contributed by atoms with Gasteiger partial charge in [0.25, 0.3) is 0 Å². The molecule has 0 aliphatic carbocycles. The SMILES string of the molecule is CC(C)[C@H]1[C@@H](C(C)(C)C)N(C)C(=O)[C@@H]1CO. The van der Waals surface area contributed by atoms with Gasteiger partial charge in [0.05, 0.1) is 12.5 Å². The van der Waals surface area contributed by atoms with Gasteiger partial charge in [0.15, 0.2) is 0 Å². The van der Waals surface area contributed by atoms with E-state index in [1.165, 1.54) is 0 Å². The summed E-state index contributed by atoms with van der Waals surface area (Å²) in [7, 11) is 1.86. The molecule has 0 unspecified atom stereocenters. The summed E-state index contributed by atoms with van der Waals surface area (Å²) in [4.78, 5) is 13.9. The fraction of sp³-hybridized carbons (Fsp3) is 0.923.